The van der Waals surface area contributed by atoms with Gasteiger partial charge in [0.1, 0.15) is 12.0 Å². The van der Waals surface area contributed by atoms with Gasteiger partial charge in [0.2, 0.25) is 5.88 Å². The van der Waals surface area contributed by atoms with Crippen LogP contribution in [0.15, 0.2) is 24.8 Å². The smallest absolute Gasteiger partial charge is 0.397 e. The number of nitrogens with zero attached hydrogens (tertiary/aromatic N) is 4. The van der Waals surface area contributed by atoms with Crippen molar-refractivity contribution in [1.82, 2.24) is 19.4 Å². The third-order valence-corrected chi connectivity index (χ3v) is 7.71. The van der Waals surface area contributed by atoms with Crippen LogP contribution >= 0.6 is 0 Å². The zero-order valence-corrected chi connectivity index (χ0v) is 17.9. The van der Waals surface area contributed by atoms with Gasteiger partial charge in [0.15, 0.2) is 5.82 Å². The number of pyridine rings is 1. The highest BCUT2D eigenvalue weighted by atomic mass is 19.4. The molecular formula is C23H24F4N4O2. The molecule has 0 radical (unpaired) electrons. The zero-order chi connectivity index (χ0) is 23.0. The molecule has 0 atom stereocenters. The minimum absolute atomic E-state index is 0.0330. The highest BCUT2D eigenvalue weighted by Crippen LogP contribution is 2.57. The molecule has 6 rings (SSSR count). The second-order valence-corrected chi connectivity index (χ2v) is 10.3. The number of halogens is 4. The molecule has 1 aliphatic heterocycles. The Bertz CT molecular complexity index is 1090. The lowest BCUT2D eigenvalue weighted by molar-refractivity contribution is -0.194. The van der Waals surface area contributed by atoms with E-state index in [1.165, 1.54) is 24.7 Å². The Morgan fingerprint density at radius 2 is 1.91 bits per heavy atom. The van der Waals surface area contributed by atoms with Gasteiger partial charge in [-0.15, -0.1) is 0 Å². The topological polar surface area (TPSA) is 60.2 Å². The summed E-state index contributed by atoms with van der Waals surface area (Å²) in [5.41, 5.74) is -0.547. The number of carbonyl (C=O) groups is 1. The summed E-state index contributed by atoms with van der Waals surface area (Å²) in [5, 5.41) is 0. The molecule has 3 heterocycles. The van der Waals surface area contributed by atoms with E-state index in [4.69, 9.17) is 4.74 Å². The van der Waals surface area contributed by atoms with Crippen molar-refractivity contribution < 1.29 is 27.1 Å². The fourth-order valence-corrected chi connectivity index (χ4v) is 5.16. The Morgan fingerprint density at radius 1 is 1.18 bits per heavy atom. The van der Waals surface area contributed by atoms with Crippen LogP contribution in [0.25, 0.3) is 0 Å². The van der Waals surface area contributed by atoms with Gasteiger partial charge in [0.05, 0.1) is 17.6 Å². The first-order valence-electron chi connectivity index (χ1n) is 11.3. The van der Waals surface area contributed by atoms with Crippen LogP contribution in [0.4, 0.5) is 17.6 Å². The zero-order valence-electron chi connectivity index (χ0n) is 17.9. The van der Waals surface area contributed by atoms with Crippen molar-refractivity contribution in [2.24, 2.45) is 10.8 Å². The van der Waals surface area contributed by atoms with Crippen LogP contribution in [0.1, 0.15) is 66.5 Å². The summed E-state index contributed by atoms with van der Waals surface area (Å²) >= 11 is 0. The van der Waals surface area contributed by atoms with E-state index in [1.54, 1.807) is 4.90 Å². The standard InChI is InChI=1S/C23H24F4N4O2/c24-17-5-15(8-28-19(17)33-12-22(3-4-22)23(25,26)27)20(32)31-10-21(11-31)6-16(7-21)30-9-18(29-13-30)14-1-2-14/h5,8-9,13-14,16H,1-4,6-7,10-12H2. The molecule has 4 fully saturated rings. The van der Waals surface area contributed by atoms with Gasteiger partial charge < -0.3 is 14.2 Å². The molecule has 1 spiro atoms. The van der Waals surface area contributed by atoms with Crippen molar-refractivity contribution in [3.8, 4) is 5.88 Å². The summed E-state index contributed by atoms with van der Waals surface area (Å²) in [5.74, 6) is -1.13. The summed E-state index contributed by atoms with van der Waals surface area (Å²) in [6.45, 7) is 0.559. The lowest BCUT2D eigenvalue weighted by Gasteiger charge is -2.59. The van der Waals surface area contributed by atoms with Gasteiger partial charge in [-0.3, -0.25) is 4.79 Å². The van der Waals surface area contributed by atoms with E-state index in [2.05, 4.69) is 20.7 Å². The van der Waals surface area contributed by atoms with E-state index in [1.807, 2.05) is 6.33 Å². The van der Waals surface area contributed by atoms with E-state index < -0.39 is 29.9 Å². The Kier molecular flexibility index (Phi) is 4.39. The quantitative estimate of drug-likeness (QED) is 0.591. The predicted octanol–water partition coefficient (Wildman–Crippen LogP) is 4.49. The predicted molar refractivity (Wildman–Crippen MR) is 108 cm³/mol. The van der Waals surface area contributed by atoms with Crippen LogP contribution in [-0.4, -0.2) is 51.2 Å². The molecule has 0 aromatic carbocycles. The molecule has 10 heteroatoms. The molecule has 1 amide bonds. The highest BCUT2D eigenvalue weighted by Gasteiger charge is 2.64. The normalized spacial score (nSPS) is 23.2. The van der Waals surface area contributed by atoms with Gasteiger partial charge in [0.25, 0.3) is 5.91 Å². The second-order valence-electron chi connectivity index (χ2n) is 10.3. The Morgan fingerprint density at radius 3 is 2.52 bits per heavy atom. The number of hydrogen-bond acceptors (Lipinski definition) is 4. The Labute approximate surface area is 187 Å². The molecule has 2 aromatic rings. The number of carbonyl (C=O) groups excluding carboxylic acids is 1. The third-order valence-electron chi connectivity index (χ3n) is 7.71. The van der Waals surface area contributed by atoms with Crippen molar-refractivity contribution in [3.05, 3.63) is 41.9 Å². The van der Waals surface area contributed by atoms with Gasteiger partial charge >= 0.3 is 6.18 Å². The highest BCUT2D eigenvalue weighted by molar-refractivity contribution is 5.94. The number of hydrogen-bond donors (Lipinski definition) is 0. The van der Waals surface area contributed by atoms with E-state index >= 15 is 0 Å². The third kappa shape index (κ3) is 3.58. The van der Waals surface area contributed by atoms with Gasteiger partial charge in [0, 0.05) is 42.9 Å². The Balaban J connectivity index is 1.02. The van der Waals surface area contributed by atoms with Crippen LogP contribution in [0, 0.1) is 16.6 Å². The lowest BCUT2D eigenvalue weighted by Crippen LogP contribution is -2.63. The minimum Gasteiger partial charge on any atom is -0.475 e. The molecule has 3 aliphatic carbocycles. The molecule has 176 valence electrons. The number of ether oxygens (including phenoxy) is 1. The number of rotatable bonds is 6. The first-order chi connectivity index (χ1) is 15.7. The van der Waals surface area contributed by atoms with E-state index in [0.29, 0.717) is 25.0 Å². The summed E-state index contributed by atoms with van der Waals surface area (Å²) in [6.07, 6.45) is 5.19. The van der Waals surface area contributed by atoms with E-state index in [0.717, 1.165) is 18.9 Å². The monoisotopic (exact) mass is 464 g/mol. The molecule has 0 unspecified atom stereocenters. The number of imidazole rings is 1. The maximum atomic E-state index is 14.4. The molecule has 4 aliphatic rings. The molecule has 2 aromatic heterocycles. The number of alkyl halides is 3. The SMILES string of the molecule is O=C(c1cnc(OCC2(C(F)(F)F)CC2)c(F)c1)N1CC2(CC(n3cnc(C4CC4)c3)C2)C1. The number of likely N-dealkylation sites (tertiary alicyclic amines) is 1. The molecule has 33 heavy (non-hydrogen) atoms. The van der Waals surface area contributed by atoms with Crippen LogP contribution in [0.3, 0.4) is 0 Å². The molecule has 6 nitrogen and oxygen atoms in total. The van der Waals surface area contributed by atoms with Gasteiger partial charge in [-0.1, -0.05) is 0 Å². The average molecular weight is 464 g/mol. The molecule has 0 N–H and O–H groups in total. The molecular weight excluding hydrogens is 440 g/mol. The van der Waals surface area contributed by atoms with E-state index in [-0.39, 0.29) is 29.7 Å². The maximum Gasteiger partial charge on any atom is 0.397 e. The average Bonchev–Trinajstić information content (AvgIpc) is 3.63. The van der Waals surface area contributed by atoms with Gasteiger partial charge in [-0.05, 0) is 44.6 Å². The maximum absolute atomic E-state index is 14.4. The van der Waals surface area contributed by atoms with E-state index in [9.17, 15) is 22.4 Å². The van der Waals surface area contributed by atoms with Gasteiger partial charge in [-0.2, -0.15) is 13.2 Å². The first kappa shape index (κ1) is 20.9. The van der Waals surface area contributed by atoms with Crippen LogP contribution in [0.5, 0.6) is 5.88 Å². The van der Waals surface area contributed by atoms with Crippen molar-refractivity contribution in [1.29, 1.82) is 0 Å². The molecule has 0 bridgehead atoms. The van der Waals surface area contributed by atoms with Crippen molar-refractivity contribution in [3.63, 3.8) is 0 Å². The largest absolute Gasteiger partial charge is 0.475 e. The number of aromatic nitrogens is 3. The summed E-state index contributed by atoms with van der Waals surface area (Å²) in [7, 11) is 0. The fourth-order valence-electron chi connectivity index (χ4n) is 5.16. The van der Waals surface area contributed by atoms with Crippen LogP contribution in [-0.2, 0) is 0 Å². The summed E-state index contributed by atoms with van der Waals surface area (Å²) in [6, 6.07) is 1.40. The Hall–Kier alpha value is -2.65. The van der Waals surface area contributed by atoms with Crippen LogP contribution < -0.4 is 4.74 Å². The summed E-state index contributed by atoms with van der Waals surface area (Å²) < 4.78 is 60.6. The molecule has 1 saturated heterocycles. The fraction of sp³-hybridized carbons (Fsp3) is 0.609. The lowest BCUT2D eigenvalue weighted by atomic mass is 9.60. The van der Waals surface area contributed by atoms with Crippen molar-refractivity contribution >= 4 is 5.91 Å². The molecule has 3 saturated carbocycles. The minimum atomic E-state index is -4.38. The second kappa shape index (κ2) is 6.93. The van der Waals surface area contributed by atoms with Gasteiger partial charge in [-0.25, -0.2) is 14.4 Å². The number of amides is 1. The van der Waals surface area contributed by atoms with Crippen molar-refractivity contribution in [2.75, 3.05) is 19.7 Å². The van der Waals surface area contributed by atoms with Crippen LogP contribution in [0.2, 0.25) is 0 Å². The summed E-state index contributed by atoms with van der Waals surface area (Å²) in [4.78, 5) is 22.7. The van der Waals surface area contributed by atoms with Crippen molar-refractivity contribution in [2.45, 2.75) is 56.7 Å². The first-order valence-corrected chi connectivity index (χ1v) is 11.3.